The van der Waals surface area contributed by atoms with Crippen LogP contribution in [0.3, 0.4) is 0 Å². The van der Waals surface area contributed by atoms with E-state index in [1.807, 2.05) is 0 Å². The van der Waals surface area contributed by atoms with Gasteiger partial charge in [0, 0.05) is 6.54 Å². The second kappa shape index (κ2) is 5.19. The number of benzene rings is 1. The fourth-order valence-electron chi connectivity index (χ4n) is 1.61. The number of oxazole rings is 1. The fourth-order valence-corrected chi connectivity index (χ4v) is 1.61. The van der Waals surface area contributed by atoms with E-state index in [0.29, 0.717) is 11.1 Å². The number of carbonyl (C=O) groups is 1. The van der Waals surface area contributed by atoms with Crippen molar-refractivity contribution in [3.63, 3.8) is 0 Å². The lowest BCUT2D eigenvalue weighted by Gasteiger charge is -2.01. The highest BCUT2D eigenvalue weighted by atomic mass is 16.5. The monoisotopic (exact) mass is 246 g/mol. The quantitative estimate of drug-likeness (QED) is 0.753. The van der Waals surface area contributed by atoms with E-state index in [2.05, 4.69) is 4.74 Å². The first kappa shape index (κ1) is 11.9. The molecule has 0 saturated heterocycles. The Balaban J connectivity index is 2.13. The summed E-state index contributed by atoms with van der Waals surface area (Å²) in [7, 11) is 0. The number of ether oxygens (including phenoxy) is 1. The van der Waals surface area contributed by atoms with E-state index in [9.17, 15) is 9.59 Å². The van der Waals surface area contributed by atoms with E-state index in [4.69, 9.17) is 9.68 Å². The molecule has 1 aromatic carbocycles. The van der Waals surface area contributed by atoms with Gasteiger partial charge >= 0.3 is 11.7 Å². The molecule has 0 fully saturated rings. The van der Waals surface area contributed by atoms with Crippen LogP contribution in [0, 0.1) is 11.3 Å². The number of aromatic nitrogens is 1. The third-order valence-corrected chi connectivity index (χ3v) is 2.41. The molecule has 1 heterocycles. The Bertz CT molecular complexity index is 663. The van der Waals surface area contributed by atoms with Crippen LogP contribution in [0.5, 0.6) is 0 Å². The minimum absolute atomic E-state index is 0.0190. The van der Waals surface area contributed by atoms with Crippen molar-refractivity contribution >= 4 is 17.1 Å². The van der Waals surface area contributed by atoms with Gasteiger partial charge in [-0.2, -0.15) is 5.26 Å². The van der Waals surface area contributed by atoms with E-state index in [1.54, 1.807) is 30.3 Å². The van der Waals surface area contributed by atoms with Crippen molar-refractivity contribution in [1.82, 2.24) is 4.57 Å². The summed E-state index contributed by atoms with van der Waals surface area (Å²) in [4.78, 5) is 22.8. The van der Waals surface area contributed by atoms with Gasteiger partial charge in [0.15, 0.2) is 12.2 Å². The van der Waals surface area contributed by atoms with Crippen LogP contribution >= 0.6 is 0 Å². The fraction of sp³-hybridized carbons (Fsp3) is 0.250. The SMILES string of the molecule is N#CCOC(=O)CCn1c(=O)oc2ccccc21. The van der Waals surface area contributed by atoms with Gasteiger partial charge in [-0.15, -0.1) is 0 Å². The molecule has 0 N–H and O–H groups in total. The average Bonchev–Trinajstić information content (AvgIpc) is 2.69. The molecule has 0 saturated carbocycles. The summed E-state index contributed by atoms with van der Waals surface area (Å²) in [5.41, 5.74) is 1.11. The van der Waals surface area contributed by atoms with Crippen molar-refractivity contribution in [1.29, 1.82) is 5.26 Å². The summed E-state index contributed by atoms with van der Waals surface area (Å²) < 4.78 is 11.0. The maximum Gasteiger partial charge on any atom is 0.419 e. The van der Waals surface area contributed by atoms with E-state index < -0.39 is 11.7 Å². The van der Waals surface area contributed by atoms with E-state index >= 15 is 0 Å². The van der Waals surface area contributed by atoms with Gasteiger partial charge in [-0.25, -0.2) is 4.79 Å². The van der Waals surface area contributed by atoms with Crippen LogP contribution in [0.25, 0.3) is 11.1 Å². The molecule has 0 atom stereocenters. The molecule has 2 aromatic rings. The number of fused-ring (bicyclic) bond motifs is 1. The van der Waals surface area contributed by atoms with Crippen molar-refractivity contribution in [3.05, 3.63) is 34.8 Å². The third-order valence-electron chi connectivity index (χ3n) is 2.41. The number of nitriles is 1. The van der Waals surface area contributed by atoms with Gasteiger partial charge in [-0.1, -0.05) is 12.1 Å². The minimum Gasteiger partial charge on any atom is -0.450 e. The van der Waals surface area contributed by atoms with Crippen LogP contribution in [0.4, 0.5) is 0 Å². The summed E-state index contributed by atoms with van der Waals surface area (Å²) in [6, 6.07) is 8.66. The Morgan fingerprint density at radius 2 is 2.22 bits per heavy atom. The van der Waals surface area contributed by atoms with Crippen LogP contribution < -0.4 is 5.76 Å². The molecule has 2 rings (SSSR count). The zero-order valence-electron chi connectivity index (χ0n) is 9.46. The minimum atomic E-state index is -0.520. The number of aryl methyl sites for hydroxylation is 1. The Morgan fingerprint density at radius 1 is 1.44 bits per heavy atom. The van der Waals surface area contributed by atoms with Gasteiger partial charge in [-0.05, 0) is 12.1 Å². The van der Waals surface area contributed by atoms with Crippen molar-refractivity contribution in [2.24, 2.45) is 0 Å². The topological polar surface area (TPSA) is 85.2 Å². The highest BCUT2D eigenvalue weighted by Crippen LogP contribution is 2.11. The van der Waals surface area contributed by atoms with E-state index in [-0.39, 0.29) is 19.6 Å². The molecule has 0 amide bonds. The van der Waals surface area contributed by atoms with Crippen molar-refractivity contribution < 1.29 is 13.9 Å². The van der Waals surface area contributed by atoms with Gasteiger partial charge in [0.1, 0.15) is 6.07 Å². The number of hydrogen-bond donors (Lipinski definition) is 0. The van der Waals surface area contributed by atoms with Crippen molar-refractivity contribution in [2.45, 2.75) is 13.0 Å². The molecule has 0 aliphatic rings. The number of nitrogens with zero attached hydrogens (tertiary/aromatic N) is 2. The Morgan fingerprint density at radius 3 is 3.00 bits per heavy atom. The normalized spacial score (nSPS) is 10.2. The Labute approximate surface area is 102 Å². The number of hydrogen-bond acceptors (Lipinski definition) is 5. The first-order valence-electron chi connectivity index (χ1n) is 5.33. The van der Waals surface area contributed by atoms with Crippen LogP contribution in [-0.4, -0.2) is 17.1 Å². The largest absolute Gasteiger partial charge is 0.450 e. The highest BCUT2D eigenvalue weighted by molar-refractivity contribution is 5.73. The molecule has 0 unspecified atom stereocenters. The zero-order chi connectivity index (χ0) is 13.0. The van der Waals surface area contributed by atoms with Gasteiger partial charge in [0.25, 0.3) is 0 Å². The van der Waals surface area contributed by atoms with Crippen LogP contribution in [0.15, 0.2) is 33.5 Å². The van der Waals surface area contributed by atoms with Crippen molar-refractivity contribution in [2.75, 3.05) is 6.61 Å². The highest BCUT2D eigenvalue weighted by Gasteiger charge is 2.10. The maximum atomic E-state index is 11.6. The van der Waals surface area contributed by atoms with Crippen LogP contribution in [-0.2, 0) is 16.1 Å². The summed E-state index contributed by atoms with van der Waals surface area (Å²) in [6.07, 6.45) is 0.0190. The van der Waals surface area contributed by atoms with E-state index in [1.165, 1.54) is 4.57 Å². The molecule has 0 aliphatic carbocycles. The van der Waals surface area contributed by atoms with Gasteiger partial charge in [0.2, 0.25) is 0 Å². The molecular weight excluding hydrogens is 236 g/mol. The van der Waals surface area contributed by atoms with Crippen LogP contribution in [0.1, 0.15) is 6.42 Å². The number of para-hydroxylation sites is 2. The first-order valence-corrected chi connectivity index (χ1v) is 5.33. The van der Waals surface area contributed by atoms with Crippen LogP contribution in [0.2, 0.25) is 0 Å². The van der Waals surface area contributed by atoms with E-state index in [0.717, 1.165) is 0 Å². The second-order valence-electron chi connectivity index (χ2n) is 3.56. The Hall–Kier alpha value is -2.55. The lowest BCUT2D eigenvalue weighted by molar-refractivity contribution is -0.142. The standard InChI is InChI=1S/C12H10N2O4/c13-6-8-17-11(15)5-7-14-9-3-1-2-4-10(9)18-12(14)16/h1-4H,5,7-8H2. The average molecular weight is 246 g/mol. The predicted molar refractivity (Wildman–Crippen MR) is 61.7 cm³/mol. The van der Waals surface area contributed by atoms with Crippen molar-refractivity contribution in [3.8, 4) is 6.07 Å². The second-order valence-corrected chi connectivity index (χ2v) is 3.56. The molecule has 1 aromatic heterocycles. The van der Waals surface area contributed by atoms with Gasteiger partial charge in [0.05, 0.1) is 11.9 Å². The molecule has 92 valence electrons. The Kier molecular flexibility index (Phi) is 3.44. The molecule has 6 nitrogen and oxygen atoms in total. The lowest BCUT2D eigenvalue weighted by atomic mass is 10.3. The third kappa shape index (κ3) is 2.40. The molecule has 0 aliphatic heterocycles. The number of carbonyl (C=O) groups excluding carboxylic acids is 1. The molecule has 0 radical (unpaired) electrons. The predicted octanol–water partition coefficient (Wildman–Crippen LogP) is 1.05. The zero-order valence-corrected chi connectivity index (χ0v) is 9.46. The summed E-state index contributed by atoms with van der Waals surface area (Å²) in [5.74, 6) is -1.03. The number of rotatable bonds is 4. The summed E-state index contributed by atoms with van der Waals surface area (Å²) >= 11 is 0. The molecule has 18 heavy (non-hydrogen) atoms. The molecular formula is C12H10N2O4. The van der Waals surface area contributed by atoms with Gasteiger partial charge < -0.3 is 9.15 Å². The molecule has 0 spiro atoms. The maximum absolute atomic E-state index is 11.6. The van der Waals surface area contributed by atoms with Gasteiger partial charge in [-0.3, -0.25) is 9.36 Å². The summed E-state index contributed by atoms with van der Waals surface area (Å²) in [6.45, 7) is -0.111. The summed E-state index contributed by atoms with van der Waals surface area (Å²) in [5, 5.41) is 8.26. The molecule has 6 heteroatoms. The first-order chi connectivity index (χ1) is 8.72. The molecule has 0 bridgehead atoms. The lowest BCUT2D eigenvalue weighted by Crippen LogP contribution is -2.17. The smallest absolute Gasteiger partial charge is 0.419 e. The number of esters is 1.